The number of aliphatic carboxylic acids is 1. The molecule has 2 aromatic carbocycles. The molecule has 0 aromatic heterocycles. The van der Waals surface area contributed by atoms with Crippen LogP contribution in [-0.4, -0.2) is 23.0 Å². The molecule has 2 atom stereocenters. The van der Waals surface area contributed by atoms with E-state index >= 15 is 0 Å². The standard InChI is InChI=1S/C20H21NO4/c22-19(21-17-11-10-16(12-17)20(23)24)15-8-6-14(7-9-15)13-25-18-4-2-1-3-5-18/h1-9,16-17H,10-13H2,(H,21,22)(H,23,24)/t16-,17+/m1/s1. The van der Waals surface area contributed by atoms with Gasteiger partial charge in [-0.2, -0.15) is 0 Å². The number of carboxylic acid groups (broad SMARTS) is 1. The number of carbonyl (C=O) groups excluding carboxylic acids is 1. The number of amides is 1. The average molecular weight is 339 g/mol. The second kappa shape index (κ2) is 7.83. The SMILES string of the molecule is O=C(N[C@H]1CC[C@@H](C(=O)O)C1)c1ccc(COc2ccccc2)cc1. The van der Waals surface area contributed by atoms with Crippen LogP contribution in [0.4, 0.5) is 0 Å². The van der Waals surface area contributed by atoms with Gasteiger partial charge < -0.3 is 15.2 Å². The van der Waals surface area contributed by atoms with Crippen LogP contribution in [0.5, 0.6) is 5.75 Å². The highest BCUT2D eigenvalue weighted by Crippen LogP contribution is 2.25. The Morgan fingerprint density at radius 1 is 1.04 bits per heavy atom. The molecule has 0 spiro atoms. The molecular formula is C20H21NO4. The smallest absolute Gasteiger partial charge is 0.306 e. The first-order valence-electron chi connectivity index (χ1n) is 8.42. The highest BCUT2D eigenvalue weighted by Gasteiger charge is 2.30. The Kier molecular flexibility index (Phi) is 5.33. The molecule has 2 aromatic rings. The van der Waals surface area contributed by atoms with Gasteiger partial charge in [-0.05, 0) is 49.1 Å². The topological polar surface area (TPSA) is 75.6 Å². The summed E-state index contributed by atoms with van der Waals surface area (Å²) in [6.07, 6.45) is 1.84. The summed E-state index contributed by atoms with van der Waals surface area (Å²) >= 11 is 0. The minimum Gasteiger partial charge on any atom is -0.489 e. The highest BCUT2D eigenvalue weighted by atomic mass is 16.5. The Bertz CT molecular complexity index is 727. The van der Waals surface area contributed by atoms with E-state index in [0.717, 1.165) is 11.3 Å². The predicted octanol–water partition coefficient (Wildman–Crippen LogP) is 3.25. The molecule has 0 bridgehead atoms. The van der Waals surface area contributed by atoms with E-state index in [1.807, 2.05) is 42.5 Å². The second-order valence-corrected chi connectivity index (χ2v) is 6.32. The molecule has 1 aliphatic rings. The zero-order valence-corrected chi connectivity index (χ0v) is 13.9. The number of carboxylic acids is 1. The van der Waals surface area contributed by atoms with Crippen LogP contribution >= 0.6 is 0 Å². The molecule has 1 saturated carbocycles. The van der Waals surface area contributed by atoms with E-state index < -0.39 is 5.97 Å². The largest absolute Gasteiger partial charge is 0.489 e. The summed E-state index contributed by atoms with van der Waals surface area (Å²) in [5, 5.41) is 11.9. The normalized spacial score (nSPS) is 19.4. The molecule has 0 unspecified atom stereocenters. The fourth-order valence-electron chi connectivity index (χ4n) is 3.04. The number of hydrogen-bond acceptors (Lipinski definition) is 3. The summed E-state index contributed by atoms with van der Waals surface area (Å²) in [4.78, 5) is 23.3. The van der Waals surface area contributed by atoms with E-state index in [9.17, 15) is 9.59 Å². The first-order valence-corrected chi connectivity index (χ1v) is 8.42. The lowest BCUT2D eigenvalue weighted by Crippen LogP contribution is -2.33. The maximum Gasteiger partial charge on any atom is 0.306 e. The summed E-state index contributed by atoms with van der Waals surface area (Å²) < 4.78 is 5.68. The summed E-state index contributed by atoms with van der Waals surface area (Å²) in [5.74, 6) is -0.479. The van der Waals surface area contributed by atoms with Gasteiger partial charge >= 0.3 is 5.97 Å². The molecule has 0 heterocycles. The fourth-order valence-corrected chi connectivity index (χ4v) is 3.04. The minimum absolute atomic E-state index is 0.0605. The predicted molar refractivity (Wildman–Crippen MR) is 93.4 cm³/mol. The molecule has 1 aliphatic carbocycles. The lowest BCUT2D eigenvalue weighted by molar-refractivity contribution is -0.141. The maximum absolute atomic E-state index is 12.3. The Hall–Kier alpha value is -2.82. The van der Waals surface area contributed by atoms with Crippen molar-refractivity contribution in [2.45, 2.75) is 31.9 Å². The third kappa shape index (κ3) is 4.59. The van der Waals surface area contributed by atoms with Crippen molar-refractivity contribution in [3.05, 3.63) is 65.7 Å². The molecule has 3 rings (SSSR count). The third-order valence-electron chi connectivity index (χ3n) is 4.48. The Balaban J connectivity index is 1.51. The molecule has 130 valence electrons. The number of benzene rings is 2. The van der Waals surface area contributed by atoms with E-state index in [4.69, 9.17) is 9.84 Å². The summed E-state index contributed by atoms with van der Waals surface area (Å²) in [5.41, 5.74) is 1.55. The van der Waals surface area contributed by atoms with Gasteiger partial charge in [0.15, 0.2) is 0 Å². The summed E-state index contributed by atoms with van der Waals surface area (Å²) in [6.45, 7) is 0.439. The van der Waals surface area contributed by atoms with E-state index in [0.29, 0.717) is 31.4 Å². The van der Waals surface area contributed by atoms with Crippen molar-refractivity contribution < 1.29 is 19.4 Å². The van der Waals surface area contributed by atoms with Gasteiger partial charge in [0.05, 0.1) is 5.92 Å². The van der Waals surface area contributed by atoms with Crippen molar-refractivity contribution in [2.75, 3.05) is 0 Å². The maximum atomic E-state index is 12.3. The average Bonchev–Trinajstić information content (AvgIpc) is 3.10. The molecule has 1 fully saturated rings. The zero-order chi connectivity index (χ0) is 17.6. The van der Waals surface area contributed by atoms with E-state index in [1.165, 1.54) is 0 Å². The Morgan fingerprint density at radius 2 is 1.76 bits per heavy atom. The van der Waals surface area contributed by atoms with Gasteiger partial charge in [-0.3, -0.25) is 9.59 Å². The minimum atomic E-state index is -0.778. The third-order valence-corrected chi connectivity index (χ3v) is 4.48. The summed E-state index contributed by atoms with van der Waals surface area (Å²) in [6, 6.07) is 16.8. The van der Waals surface area contributed by atoms with Crippen LogP contribution in [-0.2, 0) is 11.4 Å². The molecule has 2 N–H and O–H groups in total. The molecule has 1 amide bonds. The number of nitrogens with one attached hydrogen (secondary N) is 1. The van der Waals surface area contributed by atoms with Gasteiger partial charge in [0.25, 0.3) is 5.91 Å². The van der Waals surface area contributed by atoms with Crippen LogP contribution in [0, 0.1) is 5.92 Å². The molecule has 0 saturated heterocycles. The van der Waals surface area contributed by atoms with Gasteiger partial charge in [-0.1, -0.05) is 30.3 Å². The Labute approximate surface area is 146 Å². The molecular weight excluding hydrogens is 318 g/mol. The van der Waals surface area contributed by atoms with Gasteiger partial charge in [-0.15, -0.1) is 0 Å². The first-order chi connectivity index (χ1) is 12.1. The van der Waals surface area contributed by atoms with Crippen LogP contribution < -0.4 is 10.1 Å². The summed E-state index contributed by atoms with van der Waals surface area (Å²) in [7, 11) is 0. The van der Waals surface area contributed by atoms with Crippen LogP contribution in [0.3, 0.4) is 0 Å². The van der Waals surface area contributed by atoms with Gasteiger partial charge in [0.1, 0.15) is 12.4 Å². The Morgan fingerprint density at radius 3 is 2.40 bits per heavy atom. The monoisotopic (exact) mass is 339 g/mol. The van der Waals surface area contributed by atoms with Gasteiger partial charge in [0, 0.05) is 11.6 Å². The van der Waals surface area contributed by atoms with Crippen molar-refractivity contribution in [3.8, 4) is 5.75 Å². The molecule has 5 nitrogen and oxygen atoms in total. The number of ether oxygens (including phenoxy) is 1. The molecule has 0 radical (unpaired) electrons. The molecule has 5 heteroatoms. The number of carbonyl (C=O) groups is 2. The van der Waals surface area contributed by atoms with E-state index in [2.05, 4.69) is 5.32 Å². The molecule has 25 heavy (non-hydrogen) atoms. The highest BCUT2D eigenvalue weighted by molar-refractivity contribution is 5.94. The number of para-hydroxylation sites is 1. The van der Waals surface area contributed by atoms with Crippen molar-refractivity contribution in [1.82, 2.24) is 5.32 Å². The lowest BCUT2D eigenvalue weighted by Gasteiger charge is -2.13. The lowest BCUT2D eigenvalue weighted by atomic mass is 10.1. The van der Waals surface area contributed by atoms with Gasteiger partial charge in [0.2, 0.25) is 0 Å². The van der Waals surface area contributed by atoms with E-state index in [1.54, 1.807) is 12.1 Å². The second-order valence-electron chi connectivity index (χ2n) is 6.32. The quantitative estimate of drug-likeness (QED) is 0.847. The van der Waals surface area contributed by atoms with Crippen molar-refractivity contribution in [3.63, 3.8) is 0 Å². The molecule has 0 aliphatic heterocycles. The van der Waals surface area contributed by atoms with Crippen LogP contribution in [0.1, 0.15) is 35.2 Å². The first kappa shape index (κ1) is 17.0. The van der Waals surface area contributed by atoms with Crippen molar-refractivity contribution in [2.24, 2.45) is 5.92 Å². The zero-order valence-electron chi connectivity index (χ0n) is 13.9. The van der Waals surface area contributed by atoms with Crippen LogP contribution in [0.2, 0.25) is 0 Å². The van der Waals surface area contributed by atoms with Crippen molar-refractivity contribution in [1.29, 1.82) is 0 Å². The number of hydrogen-bond donors (Lipinski definition) is 2. The fraction of sp³-hybridized carbons (Fsp3) is 0.300. The van der Waals surface area contributed by atoms with E-state index in [-0.39, 0.29) is 17.9 Å². The van der Waals surface area contributed by atoms with Crippen LogP contribution in [0.15, 0.2) is 54.6 Å². The van der Waals surface area contributed by atoms with Gasteiger partial charge in [-0.25, -0.2) is 0 Å². The van der Waals surface area contributed by atoms with Crippen molar-refractivity contribution >= 4 is 11.9 Å². The number of rotatable bonds is 6. The van der Waals surface area contributed by atoms with Crippen LogP contribution in [0.25, 0.3) is 0 Å².